The van der Waals surface area contributed by atoms with Crippen molar-refractivity contribution in [2.45, 2.75) is 19.4 Å². The molecular formula is C14H16BrN3O2. The van der Waals surface area contributed by atoms with E-state index in [9.17, 15) is 0 Å². The summed E-state index contributed by atoms with van der Waals surface area (Å²) in [5, 5.41) is 4.29. The Labute approximate surface area is 125 Å². The summed E-state index contributed by atoms with van der Waals surface area (Å²) in [5.41, 5.74) is 7.08. The Morgan fingerprint density at radius 3 is 2.75 bits per heavy atom. The van der Waals surface area contributed by atoms with Gasteiger partial charge in [-0.25, -0.2) is 4.68 Å². The number of nitrogen functional groups attached to an aromatic ring is 1. The number of ether oxygens (including phenoxy) is 2. The summed E-state index contributed by atoms with van der Waals surface area (Å²) < 4.78 is 13.9. The van der Waals surface area contributed by atoms with Crippen LogP contribution in [0, 0.1) is 0 Å². The Morgan fingerprint density at radius 1 is 1.30 bits per heavy atom. The van der Waals surface area contributed by atoms with E-state index in [1.54, 1.807) is 10.9 Å². The van der Waals surface area contributed by atoms with Gasteiger partial charge in [-0.15, -0.1) is 0 Å². The molecule has 1 aliphatic heterocycles. The lowest BCUT2D eigenvalue weighted by molar-refractivity contribution is 0.297. The van der Waals surface area contributed by atoms with Crippen LogP contribution in [0.2, 0.25) is 0 Å². The molecule has 1 unspecified atom stereocenters. The Bertz CT molecular complexity index is 627. The lowest BCUT2D eigenvalue weighted by Gasteiger charge is -2.16. The summed E-state index contributed by atoms with van der Waals surface area (Å²) in [6, 6.07) is 5.99. The van der Waals surface area contributed by atoms with E-state index >= 15 is 0 Å². The normalized spacial score (nSPS) is 15.7. The molecule has 0 saturated heterocycles. The fraction of sp³-hybridized carbons (Fsp3) is 0.357. The van der Waals surface area contributed by atoms with Crippen LogP contribution in [0.15, 0.2) is 28.9 Å². The maximum Gasteiger partial charge on any atom is 0.161 e. The van der Waals surface area contributed by atoms with Crippen LogP contribution in [-0.2, 0) is 0 Å². The number of nitrogens with two attached hydrogens (primary N) is 1. The van der Waals surface area contributed by atoms with E-state index in [0.717, 1.165) is 28.0 Å². The van der Waals surface area contributed by atoms with E-state index in [2.05, 4.69) is 28.0 Å². The third-order valence-electron chi connectivity index (χ3n) is 3.41. The molecule has 1 aliphatic rings. The SMILES string of the molecule is CC(c1ccc2c(c1)OCCCO2)n1ncc(Br)c1N. The molecule has 0 saturated carbocycles. The molecule has 0 spiro atoms. The summed E-state index contributed by atoms with van der Waals surface area (Å²) in [5.74, 6) is 2.20. The van der Waals surface area contributed by atoms with E-state index in [1.165, 1.54) is 0 Å². The minimum atomic E-state index is 0.0263. The highest BCUT2D eigenvalue weighted by molar-refractivity contribution is 9.10. The molecule has 1 aromatic heterocycles. The molecule has 2 N–H and O–H groups in total. The summed E-state index contributed by atoms with van der Waals surface area (Å²) in [7, 11) is 0. The first-order valence-corrected chi connectivity index (χ1v) is 7.34. The molecule has 6 heteroatoms. The number of benzene rings is 1. The summed E-state index contributed by atoms with van der Waals surface area (Å²) in [6.45, 7) is 3.43. The topological polar surface area (TPSA) is 62.3 Å². The van der Waals surface area contributed by atoms with Gasteiger partial charge >= 0.3 is 0 Å². The summed E-state index contributed by atoms with van der Waals surface area (Å²) in [6.07, 6.45) is 2.60. The first-order valence-electron chi connectivity index (χ1n) is 6.55. The van der Waals surface area contributed by atoms with Crippen LogP contribution < -0.4 is 15.2 Å². The smallest absolute Gasteiger partial charge is 0.161 e. The predicted molar refractivity (Wildman–Crippen MR) is 80.2 cm³/mol. The fourth-order valence-corrected chi connectivity index (χ4v) is 2.51. The molecule has 0 fully saturated rings. The number of nitrogens with zero attached hydrogens (tertiary/aromatic N) is 2. The number of fused-ring (bicyclic) bond motifs is 1. The molecule has 5 nitrogen and oxygen atoms in total. The van der Waals surface area contributed by atoms with E-state index in [0.29, 0.717) is 19.0 Å². The predicted octanol–water partition coefficient (Wildman–Crippen LogP) is 3.00. The van der Waals surface area contributed by atoms with E-state index in [1.807, 2.05) is 18.2 Å². The summed E-state index contributed by atoms with van der Waals surface area (Å²) >= 11 is 3.37. The third-order valence-corrected chi connectivity index (χ3v) is 4.02. The van der Waals surface area contributed by atoms with Crippen molar-refractivity contribution in [3.8, 4) is 11.5 Å². The van der Waals surface area contributed by atoms with Crippen molar-refractivity contribution in [1.29, 1.82) is 0 Å². The zero-order valence-electron chi connectivity index (χ0n) is 11.2. The molecule has 2 heterocycles. The third kappa shape index (κ3) is 2.35. The molecule has 1 atom stereocenters. The highest BCUT2D eigenvalue weighted by atomic mass is 79.9. The van der Waals surface area contributed by atoms with Crippen molar-refractivity contribution in [3.05, 3.63) is 34.4 Å². The Kier molecular flexibility index (Phi) is 3.56. The van der Waals surface area contributed by atoms with Crippen molar-refractivity contribution < 1.29 is 9.47 Å². The standard InChI is InChI=1S/C14H16BrN3O2/c1-9(18-14(16)11(15)8-17-18)10-3-4-12-13(7-10)20-6-2-5-19-12/h3-4,7-9H,2,5-6,16H2,1H3. The minimum absolute atomic E-state index is 0.0263. The van der Waals surface area contributed by atoms with Gasteiger partial charge in [-0.2, -0.15) is 5.10 Å². The van der Waals surface area contributed by atoms with Gasteiger partial charge in [0.1, 0.15) is 5.82 Å². The lowest BCUT2D eigenvalue weighted by atomic mass is 10.1. The van der Waals surface area contributed by atoms with Crippen LogP contribution >= 0.6 is 15.9 Å². The van der Waals surface area contributed by atoms with Crippen LogP contribution in [0.5, 0.6) is 11.5 Å². The number of hydrogen-bond acceptors (Lipinski definition) is 4. The van der Waals surface area contributed by atoms with Gasteiger partial charge in [0.2, 0.25) is 0 Å². The van der Waals surface area contributed by atoms with Gasteiger partial charge in [0.25, 0.3) is 0 Å². The number of hydrogen-bond donors (Lipinski definition) is 1. The molecule has 2 aromatic rings. The largest absolute Gasteiger partial charge is 0.490 e. The summed E-state index contributed by atoms with van der Waals surface area (Å²) in [4.78, 5) is 0. The van der Waals surface area contributed by atoms with Crippen LogP contribution in [0.25, 0.3) is 0 Å². The number of anilines is 1. The van der Waals surface area contributed by atoms with Crippen LogP contribution in [0.4, 0.5) is 5.82 Å². The maximum absolute atomic E-state index is 6.00. The fourth-order valence-electron chi connectivity index (χ4n) is 2.24. The van der Waals surface area contributed by atoms with Crippen molar-refractivity contribution in [1.82, 2.24) is 9.78 Å². The Morgan fingerprint density at radius 2 is 2.05 bits per heavy atom. The zero-order valence-corrected chi connectivity index (χ0v) is 12.8. The molecule has 0 amide bonds. The number of halogens is 1. The van der Waals surface area contributed by atoms with Crippen molar-refractivity contribution in [2.75, 3.05) is 18.9 Å². The first-order chi connectivity index (χ1) is 9.66. The maximum atomic E-state index is 6.00. The van der Waals surface area contributed by atoms with Crippen LogP contribution in [-0.4, -0.2) is 23.0 Å². The molecule has 0 radical (unpaired) electrons. The Hall–Kier alpha value is -1.69. The molecule has 0 aliphatic carbocycles. The average molecular weight is 338 g/mol. The first kappa shape index (κ1) is 13.3. The number of aromatic nitrogens is 2. The van der Waals surface area contributed by atoms with E-state index in [4.69, 9.17) is 15.2 Å². The van der Waals surface area contributed by atoms with Crippen molar-refractivity contribution >= 4 is 21.7 Å². The van der Waals surface area contributed by atoms with Gasteiger partial charge in [-0.05, 0) is 40.5 Å². The van der Waals surface area contributed by atoms with Crippen LogP contribution in [0.1, 0.15) is 24.9 Å². The van der Waals surface area contributed by atoms with Gasteiger partial charge in [0, 0.05) is 6.42 Å². The van der Waals surface area contributed by atoms with Gasteiger partial charge in [0.15, 0.2) is 11.5 Å². The minimum Gasteiger partial charge on any atom is -0.490 e. The second-order valence-corrected chi connectivity index (χ2v) is 5.61. The molecule has 106 valence electrons. The second-order valence-electron chi connectivity index (χ2n) is 4.75. The quantitative estimate of drug-likeness (QED) is 0.914. The highest BCUT2D eigenvalue weighted by Crippen LogP contribution is 2.34. The second kappa shape index (κ2) is 5.36. The van der Waals surface area contributed by atoms with E-state index in [-0.39, 0.29) is 6.04 Å². The zero-order chi connectivity index (χ0) is 14.1. The lowest BCUT2D eigenvalue weighted by Crippen LogP contribution is -2.11. The van der Waals surface area contributed by atoms with Gasteiger partial charge in [0.05, 0.1) is 29.9 Å². The van der Waals surface area contributed by atoms with Crippen molar-refractivity contribution in [2.24, 2.45) is 0 Å². The average Bonchev–Trinajstić information content (AvgIpc) is 2.68. The molecule has 20 heavy (non-hydrogen) atoms. The Balaban J connectivity index is 1.94. The van der Waals surface area contributed by atoms with E-state index < -0.39 is 0 Å². The molecular weight excluding hydrogens is 322 g/mol. The highest BCUT2D eigenvalue weighted by Gasteiger charge is 2.17. The monoisotopic (exact) mass is 337 g/mol. The molecule has 1 aromatic carbocycles. The number of rotatable bonds is 2. The van der Waals surface area contributed by atoms with Crippen LogP contribution in [0.3, 0.4) is 0 Å². The van der Waals surface area contributed by atoms with Crippen molar-refractivity contribution in [3.63, 3.8) is 0 Å². The van der Waals surface area contributed by atoms with Gasteiger partial charge in [-0.3, -0.25) is 0 Å². The molecule has 0 bridgehead atoms. The molecule has 3 rings (SSSR count). The van der Waals surface area contributed by atoms with Gasteiger partial charge < -0.3 is 15.2 Å². The van der Waals surface area contributed by atoms with Gasteiger partial charge in [-0.1, -0.05) is 6.07 Å².